The van der Waals surface area contributed by atoms with E-state index in [4.69, 9.17) is 21.6 Å². The summed E-state index contributed by atoms with van der Waals surface area (Å²) in [6.07, 6.45) is 8.73. The first-order valence-electron chi connectivity index (χ1n) is 19.7. The van der Waals surface area contributed by atoms with Crippen LogP contribution in [0.2, 0.25) is 5.02 Å². The Balaban J connectivity index is 0.751. The highest BCUT2D eigenvalue weighted by Gasteiger charge is 2.45. The number of ether oxygens (including phenoxy) is 1. The Morgan fingerprint density at radius 3 is 2.23 bits per heavy atom. The fraction of sp³-hybridized carbons (Fsp3) is 0.463. The predicted octanol–water partition coefficient (Wildman–Crippen LogP) is 4.02. The Morgan fingerprint density at radius 1 is 0.842 bits per heavy atom. The van der Waals surface area contributed by atoms with Gasteiger partial charge in [-0.3, -0.25) is 44.4 Å². The number of piperidine rings is 2. The normalized spacial score (nSPS) is 23.2. The lowest BCUT2D eigenvalue weighted by atomic mass is 9.87. The van der Waals surface area contributed by atoms with Crippen molar-refractivity contribution >= 4 is 58.5 Å². The van der Waals surface area contributed by atoms with Gasteiger partial charge in [-0.25, -0.2) is 9.97 Å². The summed E-state index contributed by atoms with van der Waals surface area (Å²) in [6.45, 7) is 6.17. The van der Waals surface area contributed by atoms with E-state index in [9.17, 15) is 24.0 Å². The molecule has 1 saturated carbocycles. The second-order valence-electron chi connectivity index (χ2n) is 15.5. The van der Waals surface area contributed by atoms with Gasteiger partial charge in [0, 0.05) is 69.9 Å². The number of fused-ring (bicyclic) bond motifs is 1. The Bertz CT molecular complexity index is 2100. The molecule has 0 bridgehead atoms. The second kappa shape index (κ2) is 16.5. The van der Waals surface area contributed by atoms with Gasteiger partial charge in [0.25, 0.3) is 11.8 Å². The number of imide groups is 2. The number of carbonyl (C=O) groups excluding carboxylic acids is 5. The summed E-state index contributed by atoms with van der Waals surface area (Å²) < 4.78 is 6.06. The van der Waals surface area contributed by atoms with Crippen LogP contribution in [0, 0.1) is 23.2 Å². The van der Waals surface area contributed by atoms with E-state index in [2.05, 4.69) is 35.3 Å². The molecule has 1 unspecified atom stereocenters. The van der Waals surface area contributed by atoms with Crippen LogP contribution in [0.15, 0.2) is 48.8 Å². The molecule has 8 rings (SSSR count). The molecule has 16 heteroatoms. The number of anilines is 3. The maximum atomic E-state index is 13.3. The number of benzene rings is 2. The van der Waals surface area contributed by atoms with Crippen LogP contribution in [0.5, 0.6) is 5.75 Å². The molecule has 3 saturated heterocycles. The highest BCUT2D eigenvalue weighted by molar-refractivity contribution is 6.31. The van der Waals surface area contributed by atoms with E-state index >= 15 is 0 Å². The van der Waals surface area contributed by atoms with Gasteiger partial charge in [0.1, 0.15) is 17.9 Å². The lowest BCUT2D eigenvalue weighted by Crippen LogP contribution is -2.54. The van der Waals surface area contributed by atoms with Crippen LogP contribution in [0.3, 0.4) is 0 Å². The molecule has 1 atom stereocenters. The molecule has 2 N–H and O–H groups in total. The van der Waals surface area contributed by atoms with E-state index in [0.717, 1.165) is 87.8 Å². The number of nitrogens with one attached hydrogen (secondary N) is 2. The minimum atomic E-state index is -0.976. The third kappa shape index (κ3) is 8.29. The number of piperazine rings is 1. The Kier molecular flexibility index (Phi) is 11.1. The van der Waals surface area contributed by atoms with Crippen LogP contribution >= 0.6 is 11.6 Å². The number of hydrogen-bond donors (Lipinski definition) is 2. The van der Waals surface area contributed by atoms with Crippen molar-refractivity contribution in [1.29, 1.82) is 5.26 Å². The van der Waals surface area contributed by atoms with Gasteiger partial charge < -0.3 is 14.5 Å². The number of amides is 5. The maximum absolute atomic E-state index is 13.3. The first kappa shape index (κ1) is 38.3. The molecule has 0 spiro atoms. The standard InChI is InChI=1S/C41H44ClN9O6/c42-34-20-31(7-3-27(34)21-43)57-30-5-1-26(2-6-30)37(53)47-41-44-22-29(23-45-41)49-13-11-25(12-14-49)24-48-15-17-50(18-16-48)28-4-8-32-33(19-28)40(56)51(39(32)55)35-9-10-36(52)46-38(35)54/h3-4,7-8,19-20,22-23,25-26,30,35H,1-2,5-6,9-18,24H2,(H,46,52,54)(H,44,45,47,53). The molecule has 5 amide bonds. The number of hydrogen-bond acceptors (Lipinski definition) is 12. The summed E-state index contributed by atoms with van der Waals surface area (Å²) in [5.41, 5.74) is 2.82. The topological polar surface area (TPSA) is 181 Å². The van der Waals surface area contributed by atoms with Gasteiger partial charge in [-0.2, -0.15) is 5.26 Å². The first-order valence-corrected chi connectivity index (χ1v) is 20.1. The van der Waals surface area contributed by atoms with Gasteiger partial charge in [-0.05, 0) is 81.2 Å². The minimum Gasteiger partial charge on any atom is -0.490 e. The summed E-state index contributed by atoms with van der Waals surface area (Å²) in [7, 11) is 0. The van der Waals surface area contributed by atoms with Crippen molar-refractivity contribution in [3.05, 3.63) is 70.5 Å². The van der Waals surface area contributed by atoms with Crippen LogP contribution in [0.4, 0.5) is 17.3 Å². The number of nitrogens with zero attached hydrogens (tertiary/aromatic N) is 7. The van der Waals surface area contributed by atoms with Crippen molar-refractivity contribution in [3.63, 3.8) is 0 Å². The van der Waals surface area contributed by atoms with Crippen LogP contribution in [0.25, 0.3) is 0 Å². The van der Waals surface area contributed by atoms with Crippen LogP contribution in [-0.4, -0.2) is 107 Å². The summed E-state index contributed by atoms with van der Waals surface area (Å²) >= 11 is 6.14. The lowest BCUT2D eigenvalue weighted by molar-refractivity contribution is -0.136. The molecule has 1 aliphatic carbocycles. The van der Waals surface area contributed by atoms with Crippen molar-refractivity contribution < 1.29 is 28.7 Å². The highest BCUT2D eigenvalue weighted by Crippen LogP contribution is 2.33. The van der Waals surface area contributed by atoms with Gasteiger partial charge >= 0.3 is 0 Å². The van der Waals surface area contributed by atoms with E-state index in [1.807, 2.05) is 12.1 Å². The van der Waals surface area contributed by atoms with Gasteiger partial charge in [0.05, 0.1) is 45.9 Å². The average molecular weight is 794 g/mol. The number of nitriles is 1. The van der Waals surface area contributed by atoms with Crippen molar-refractivity contribution in [2.24, 2.45) is 11.8 Å². The SMILES string of the molecule is N#Cc1ccc(OC2CCC(C(=O)Nc3ncc(N4CCC(CN5CCN(c6ccc7c(c6)C(=O)N(C6CCC(=O)NC6=O)C7=O)CC5)CC4)cn3)CC2)cc1Cl. The molecule has 1 aromatic heterocycles. The van der Waals surface area contributed by atoms with Crippen molar-refractivity contribution in [2.45, 2.75) is 63.5 Å². The van der Waals surface area contributed by atoms with E-state index in [1.54, 1.807) is 42.7 Å². The fourth-order valence-electron chi connectivity index (χ4n) is 8.64. The molecule has 5 aliphatic rings. The number of halogens is 1. The molecule has 4 fully saturated rings. The van der Waals surface area contributed by atoms with Crippen LogP contribution < -0.4 is 25.2 Å². The van der Waals surface area contributed by atoms with E-state index in [-0.39, 0.29) is 36.3 Å². The van der Waals surface area contributed by atoms with Crippen molar-refractivity contribution in [1.82, 2.24) is 25.1 Å². The largest absolute Gasteiger partial charge is 0.490 e. The Labute approximate surface area is 335 Å². The molecular formula is C41H44ClN9O6. The van der Waals surface area contributed by atoms with Gasteiger partial charge in [-0.15, -0.1) is 0 Å². The maximum Gasteiger partial charge on any atom is 0.262 e. The number of aromatic nitrogens is 2. The zero-order valence-corrected chi connectivity index (χ0v) is 32.2. The summed E-state index contributed by atoms with van der Waals surface area (Å²) in [5.74, 6) is -0.721. The Morgan fingerprint density at radius 2 is 1.54 bits per heavy atom. The van der Waals surface area contributed by atoms with E-state index < -0.39 is 29.7 Å². The molecule has 2 aromatic carbocycles. The van der Waals surface area contributed by atoms with Gasteiger partial charge in [0.15, 0.2) is 0 Å². The van der Waals surface area contributed by atoms with Crippen molar-refractivity contribution in [3.8, 4) is 11.8 Å². The summed E-state index contributed by atoms with van der Waals surface area (Å²) in [6, 6.07) is 11.4. The average Bonchev–Trinajstić information content (AvgIpc) is 3.47. The summed E-state index contributed by atoms with van der Waals surface area (Å²) in [4.78, 5) is 80.4. The van der Waals surface area contributed by atoms with Crippen molar-refractivity contribution in [2.75, 3.05) is 60.9 Å². The molecule has 5 heterocycles. The monoisotopic (exact) mass is 793 g/mol. The van der Waals surface area contributed by atoms with E-state index in [0.29, 0.717) is 46.6 Å². The molecule has 15 nitrogen and oxygen atoms in total. The first-order chi connectivity index (χ1) is 27.6. The third-order valence-corrected chi connectivity index (χ3v) is 12.3. The predicted molar refractivity (Wildman–Crippen MR) is 210 cm³/mol. The highest BCUT2D eigenvalue weighted by atomic mass is 35.5. The van der Waals surface area contributed by atoms with Crippen LogP contribution in [-0.2, 0) is 14.4 Å². The van der Waals surface area contributed by atoms with E-state index in [1.165, 1.54) is 0 Å². The number of carbonyl (C=O) groups is 5. The Hall–Kier alpha value is -5.59. The van der Waals surface area contributed by atoms with Crippen LogP contribution in [0.1, 0.15) is 77.6 Å². The van der Waals surface area contributed by atoms with Gasteiger partial charge in [-0.1, -0.05) is 11.6 Å². The third-order valence-electron chi connectivity index (χ3n) is 11.9. The quantitative estimate of drug-likeness (QED) is 0.298. The lowest BCUT2D eigenvalue weighted by Gasteiger charge is -2.40. The number of rotatable bonds is 9. The molecule has 57 heavy (non-hydrogen) atoms. The summed E-state index contributed by atoms with van der Waals surface area (Å²) in [5, 5.41) is 14.6. The molecular weight excluding hydrogens is 750 g/mol. The molecule has 0 radical (unpaired) electrons. The fourth-order valence-corrected chi connectivity index (χ4v) is 8.85. The zero-order valence-electron chi connectivity index (χ0n) is 31.5. The van der Waals surface area contributed by atoms with Gasteiger partial charge in [0.2, 0.25) is 23.7 Å². The second-order valence-corrected chi connectivity index (χ2v) is 15.9. The zero-order chi connectivity index (χ0) is 39.6. The smallest absolute Gasteiger partial charge is 0.262 e. The molecule has 4 aliphatic heterocycles. The molecule has 3 aromatic rings. The molecule has 296 valence electrons. The minimum absolute atomic E-state index is 0.0165.